The zero-order valence-electron chi connectivity index (χ0n) is 10.9. The predicted molar refractivity (Wildman–Crippen MR) is 80.9 cm³/mol. The maximum Gasteiger partial charge on any atom is 0.155 e. The first-order valence-electron chi connectivity index (χ1n) is 6.08. The van der Waals surface area contributed by atoms with E-state index in [2.05, 4.69) is 31.0 Å². The van der Waals surface area contributed by atoms with Gasteiger partial charge in [-0.2, -0.15) is 0 Å². The standard InChI is InChI=1S/C13H13BrN6/c1-19(9-4-6-16-7-5-9)12-3-2-11-17-10(8-15)13(14)20(11)18-12/h2-7H,8,15H2,1H3. The molecule has 2 N–H and O–H groups in total. The van der Waals surface area contributed by atoms with Gasteiger partial charge in [0.2, 0.25) is 0 Å². The molecule has 0 saturated heterocycles. The van der Waals surface area contributed by atoms with Crippen LogP contribution >= 0.6 is 15.9 Å². The maximum atomic E-state index is 5.65. The lowest BCUT2D eigenvalue weighted by atomic mass is 10.3. The fraction of sp³-hybridized carbons (Fsp3) is 0.154. The predicted octanol–water partition coefficient (Wildman–Crippen LogP) is 2.11. The third kappa shape index (κ3) is 2.14. The van der Waals surface area contributed by atoms with E-state index in [1.807, 2.05) is 36.2 Å². The summed E-state index contributed by atoms with van der Waals surface area (Å²) in [4.78, 5) is 10.4. The van der Waals surface area contributed by atoms with Crippen molar-refractivity contribution in [3.63, 3.8) is 0 Å². The van der Waals surface area contributed by atoms with Gasteiger partial charge in [-0.1, -0.05) is 0 Å². The number of halogens is 1. The van der Waals surface area contributed by atoms with Crippen LogP contribution < -0.4 is 10.6 Å². The SMILES string of the molecule is CN(c1ccncc1)c1ccc2nc(CN)c(Br)n2n1. The molecule has 3 aromatic rings. The van der Waals surface area contributed by atoms with Crippen LogP contribution in [0.25, 0.3) is 5.65 Å². The summed E-state index contributed by atoms with van der Waals surface area (Å²) in [6, 6.07) is 7.71. The van der Waals surface area contributed by atoms with Gasteiger partial charge < -0.3 is 10.6 Å². The van der Waals surface area contributed by atoms with Crippen molar-refractivity contribution in [2.45, 2.75) is 6.54 Å². The van der Waals surface area contributed by atoms with Crippen LogP contribution in [0.1, 0.15) is 5.69 Å². The Morgan fingerprint density at radius 1 is 1.25 bits per heavy atom. The van der Waals surface area contributed by atoms with E-state index in [-0.39, 0.29) is 0 Å². The summed E-state index contributed by atoms with van der Waals surface area (Å²) in [5, 5.41) is 4.58. The highest BCUT2D eigenvalue weighted by atomic mass is 79.9. The minimum Gasteiger partial charge on any atom is -0.328 e. The molecule has 0 aliphatic heterocycles. The van der Waals surface area contributed by atoms with Crippen molar-refractivity contribution >= 4 is 33.1 Å². The molecule has 0 aliphatic carbocycles. The summed E-state index contributed by atoms with van der Waals surface area (Å²) in [6.07, 6.45) is 3.51. The molecule has 0 bridgehead atoms. The monoisotopic (exact) mass is 332 g/mol. The van der Waals surface area contributed by atoms with Gasteiger partial charge in [-0.15, -0.1) is 5.10 Å². The van der Waals surface area contributed by atoms with Crippen molar-refractivity contribution in [2.24, 2.45) is 5.73 Å². The summed E-state index contributed by atoms with van der Waals surface area (Å²) in [5.41, 5.74) is 8.23. The summed E-state index contributed by atoms with van der Waals surface area (Å²) in [5.74, 6) is 0.811. The van der Waals surface area contributed by atoms with Gasteiger partial charge in [-0.3, -0.25) is 4.98 Å². The second-order valence-corrected chi connectivity index (χ2v) is 5.03. The first-order valence-corrected chi connectivity index (χ1v) is 6.88. The highest BCUT2D eigenvalue weighted by Crippen LogP contribution is 2.23. The van der Waals surface area contributed by atoms with Crippen molar-refractivity contribution < 1.29 is 0 Å². The Labute approximate surface area is 124 Å². The molecular formula is C13H13BrN6. The number of nitrogens with zero attached hydrogens (tertiary/aromatic N) is 5. The Kier molecular flexibility index (Phi) is 3.37. The number of rotatable bonds is 3. The van der Waals surface area contributed by atoms with Crippen LogP contribution in [0.15, 0.2) is 41.3 Å². The molecule has 3 rings (SSSR count). The number of pyridine rings is 1. The van der Waals surface area contributed by atoms with Gasteiger partial charge in [0.1, 0.15) is 4.60 Å². The lowest BCUT2D eigenvalue weighted by Gasteiger charge is -2.17. The zero-order chi connectivity index (χ0) is 14.1. The van der Waals surface area contributed by atoms with E-state index in [1.54, 1.807) is 16.9 Å². The molecule has 6 nitrogen and oxygen atoms in total. The molecule has 0 aliphatic rings. The van der Waals surface area contributed by atoms with Crippen LogP contribution in [-0.4, -0.2) is 26.6 Å². The summed E-state index contributed by atoms with van der Waals surface area (Å²) in [6.45, 7) is 0.374. The van der Waals surface area contributed by atoms with Crippen molar-refractivity contribution in [3.05, 3.63) is 47.0 Å². The van der Waals surface area contributed by atoms with E-state index < -0.39 is 0 Å². The Morgan fingerprint density at radius 2 is 2.00 bits per heavy atom. The highest BCUT2D eigenvalue weighted by Gasteiger charge is 2.12. The lowest BCUT2D eigenvalue weighted by molar-refractivity contribution is 0.888. The van der Waals surface area contributed by atoms with E-state index in [9.17, 15) is 0 Å². The zero-order valence-corrected chi connectivity index (χ0v) is 12.4. The third-order valence-corrected chi connectivity index (χ3v) is 3.86. The largest absolute Gasteiger partial charge is 0.328 e. The molecule has 20 heavy (non-hydrogen) atoms. The second kappa shape index (κ2) is 5.18. The molecule has 3 aromatic heterocycles. The average Bonchev–Trinajstić information content (AvgIpc) is 2.83. The van der Waals surface area contributed by atoms with Gasteiger partial charge >= 0.3 is 0 Å². The van der Waals surface area contributed by atoms with Gasteiger partial charge in [0, 0.05) is 31.7 Å². The van der Waals surface area contributed by atoms with E-state index in [4.69, 9.17) is 5.73 Å². The first-order chi connectivity index (χ1) is 9.70. The van der Waals surface area contributed by atoms with Crippen molar-refractivity contribution in [1.29, 1.82) is 0 Å². The van der Waals surface area contributed by atoms with Gasteiger partial charge in [-0.05, 0) is 40.2 Å². The van der Waals surface area contributed by atoms with E-state index >= 15 is 0 Å². The molecule has 3 heterocycles. The van der Waals surface area contributed by atoms with Gasteiger partial charge in [-0.25, -0.2) is 9.50 Å². The van der Waals surface area contributed by atoms with Crippen LogP contribution in [0.4, 0.5) is 11.5 Å². The van der Waals surface area contributed by atoms with Crippen LogP contribution in [0.2, 0.25) is 0 Å². The smallest absolute Gasteiger partial charge is 0.155 e. The number of hydrogen-bond acceptors (Lipinski definition) is 5. The maximum absolute atomic E-state index is 5.65. The summed E-state index contributed by atoms with van der Waals surface area (Å²) < 4.78 is 2.54. The summed E-state index contributed by atoms with van der Waals surface area (Å²) in [7, 11) is 1.96. The fourth-order valence-corrected chi connectivity index (χ4v) is 2.46. The number of nitrogens with two attached hydrogens (primary N) is 1. The molecule has 0 saturated carbocycles. The van der Waals surface area contributed by atoms with Crippen molar-refractivity contribution in [1.82, 2.24) is 19.6 Å². The molecule has 102 valence electrons. The van der Waals surface area contributed by atoms with Crippen LogP contribution in [0.3, 0.4) is 0 Å². The van der Waals surface area contributed by atoms with Gasteiger partial charge in [0.05, 0.1) is 5.69 Å². The minimum absolute atomic E-state index is 0.374. The Morgan fingerprint density at radius 3 is 2.70 bits per heavy atom. The molecule has 0 amide bonds. The van der Waals surface area contributed by atoms with Crippen LogP contribution in [0.5, 0.6) is 0 Å². The quantitative estimate of drug-likeness (QED) is 0.795. The first kappa shape index (κ1) is 13.0. The fourth-order valence-electron chi connectivity index (χ4n) is 1.95. The van der Waals surface area contributed by atoms with E-state index in [0.717, 1.165) is 27.4 Å². The molecule has 0 spiro atoms. The van der Waals surface area contributed by atoms with Gasteiger partial charge in [0.25, 0.3) is 0 Å². The molecule has 0 radical (unpaired) electrons. The number of imidazole rings is 1. The van der Waals surface area contributed by atoms with Gasteiger partial charge in [0.15, 0.2) is 11.5 Å². The Balaban J connectivity index is 2.07. The normalized spacial score (nSPS) is 10.9. The molecular weight excluding hydrogens is 320 g/mol. The van der Waals surface area contributed by atoms with E-state index in [0.29, 0.717) is 6.54 Å². The molecule has 0 aromatic carbocycles. The molecule has 0 fully saturated rings. The Bertz CT molecular complexity index is 739. The molecule has 0 unspecified atom stereocenters. The second-order valence-electron chi connectivity index (χ2n) is 4.28. The number of anilines is 2. The number of aromatic nitrogens is 4. The minimum atomic E-state index is 0.374. The number of hydrogen-bond donors (Lipinski definition) is 1. The summed E-state index contributed by atoms with van der Waals surface area (Å²) >= 11 is 3.48. The number of fused-ring (bicyclic) bond motifs is 1. The highest BCUT2D eigenvalue weighted by molar-refractivity contribution is 9.10. The topological polar surface area (TPSA) is 72.3 Å². The third-order valence-electron chi connectivity index (χ3n) is 3.06. The van der Waals surface area contributed by atoms with Crippen LogP contribution in [0, 0.1) is 0 Å². The molecule has 0 atom stereocenters. The van der Waals surface area contributed by atoms with Crippen molar-refractivity contribution in [3.8, 4) is 0 Å². The lowest BCUT2D eigenvalue weighted by Crippen LogP contribution is -2.12. The van der Waals surface area contributed by atoms with E-state index in [1.165, 1.54) is 0 Å². The molecule has 7 heteroatoms. The van der Waals surface area contributed by atoms with Crippen molar-refractivity contribution in [2.75, 3.05) is 11.9 Å². The van der Waals surface area contributed by atoms with Crippen LogP contribution in [-0.2, 0) is 6.54 Å². The average molecular weight is 333 g/mol. The Hall–Kier alpha value is -1.99.